The van der Waals surface area contributed by atoms with Gasteiger partial charge in [-0.15, -0.1) is 0 Å². The van der Waals surface area contributed by atoms with Gasteiger partial charge in [0.05, 0.1) is 18.0 Å². The lowest BCUT2D eigenvalue weighted by atomic mass is 9.89. The van der Waals surface area contributed by atoms with Crippen LogP contribution in [-0.4, -0.2) is 37.8 Å². The van der Waals surface area contributed by atoms with E-state index in [9.17, 15) is 18.0 Å². The largest absolute Gasteiger partial charge is 0.464 e. The number of sulfonamides is 1. The van der Waals surface area contributed by atoms with Crippen LogP contribution < -0.4 is 0 Å². The van der Waals surface area contributed by atoms with Crippen LogP contribution in [0.4, 0.5) is 0 Å². The fourth-order valence-electron chi connectivity index (χ4n) is 3.14. The van der Waals surface area contributed by atoms with Crippen LogP contribution in [-0.2, 0) is 19.6 Å². The summed E-state index contributed by atoms with van der Waals surface area (Å²) in [7, 11) is -3.83. The van der Waals surface area contributed by atoms with Gasteiger partial charge in [-0.05, 0) is 25.0 Å². The Hall–Kier alpha value is -1.89. The molecule has 6 nitrogen and oxygen atoms in total. The number of fused-ring (bicyclic) bond motifs is 1. The van der Waals surface area contributed by atoms with Gasteiger partial charge >= 0.3 is 5.97 Å². The molecule has 0 spiro atoms. The van der Waals surface area contributed by atoms with Gasteiger partial charge in [-0.1, -0.05) is 31.4 Å². The van der Waals surface area contributed by atoms with Crippen LogP contribution in [0, 0.1) is 5.92 Å². The van der Waals surface area contributed by atoms with Crippen molar-refractivity contribution >= 4 is 21.9 Å². The summed E-state index contributed by atoms with van der Waals surface area (Å²) in [5.74, 6) is -0.938. The van der Waals surface area contributed by atoms with E-state index in [0.29, 0.717) is 0 Å². The summed E-state index contributed by atoms with van der Waals surface area (Å²) in [4.78, 5) is 24.2. The third-order valence-corrected chi connectivity index (χ3v) is 6.23. The van der Waals surface area contributed by atoms with Gasteiger partial charge in [0.25, 0.3) is 15.9 Å². The summed E-state index contributed by atoms with van der Waals surface area (Å²) in [6.45, 7) is -0.247. The smallest absolute Gasteiger partial charge is 0.308 e. The van der Waals surface area contributed by atoms with E-state index in [2.05, 4.69) is 0 Å². The number of ether oxygens (including phenoxy) is 1. The molecule has 7 heteroatoms. The van der Waals surface area contributed by atoms with E-state index in [1.807, 2.05) is 0 Å². The molecule has 1 fully saturated rings. The quantitative estimate of drug-likeness (QED) is 0.785. The van der Waals surface area contributed by atoms with E-state index in [1.165, 1.54) is 12.1 Å². The summed E-state index contributed by atoms with van der Waals surface area (Å²) in [6.07, 6.45) is 4.83. The molecule has 0 saturated heterocycles. The molecular weight excluding hydrogens is 318 g/mol. The molecule has 0 radical (unpaired) electrons. The van der Waals surface area contributed by atoms with Gasteiger partial charge in [-0.2, -0.15) is 0 Å². The van der Waals surface area contributed by atoms with E-state index in [1.54, 1.807) is 12.1 Å². The van der Waals surface area contributed by atoms with Crippen molar-refractivity contribution in [2.24, 2.45) is 5.92 Å². The van der Waals surface area contributed by atoms with Crippen LogP contribution in [0.3, 0.4) is 0 Å². The molecule has 3 rings (SSSR count). The van der Waals surface area contributed by atoms with Crippen LogP contribution in [0.5, 0.6) is 0 Å². The zero-order chi connectivity index (χ0) is 16.4. The maximum Gasteiger partial charge on any atom is 0.308 e. The third kappa shape index (κ3) is 2.97. The zero-order valence-electron chi connectivity index (χ0n) is 12.7. The predicted molar refractivity (Wildman–Crippen MR) is 82.2 cm³/mol. The topological polar surface area (TPSA) is 80.8 Å². The Morgan fingerprint density at radius 1 is 1.17 bits per heavy atom. The van der Waals surface area contributed by atoms with Gasteiger partial charge in [0, 0.05) is 0 Å². The summed E-state index contributed by atoms with van der Waals surface area (Å²) in [5.41, 5.74) is 0.172. The van der Waals surface area contributed by atoms with Gasteiger partial charge < -0.3 is 4.74 Å². The highest BCUT2D eigenvalue weighted by atomic mass is 32.2. The number of rotatable bonds is 4. The molecule has 0 aromatic heterocycles. The Kier molecular flexibility index (Phi) is 4.39. The third-order valence-electron chi connectivity index (χ3n) is 4.39. The van der Waals surface area contributed by atoms with Gasteiger partial charge in [0.15, 0.2) is 0 Å². The van der Waals surface area contributed by atoms with Crippen molar-refractivity contribution in [3.63, 3.8) is 0 Å². The number of nitrogens with zero attached hydrogens (tertiary/aromatic N) is 1. The zero-order valence-corrected chi connectivity index (χ0v) is 13.5. The molecule has 23 heavy (non-hydrogen) atoms. The fraction of sp³-hybridized carbons (Fsp3) is 0.500. The first-order valence-corrected chi connectivity index (χ1v) is 9.28. The fourth-order valence-corrected chi connectivity index (χ4v) is 4.69. The number of esters is 1. The van der Waals surface area contributed by atoms with Crippen molar-refractivity contribution in [3.05, 3.63) is 29.8 Å². The number of amides is 1. The molecule has 1 aliphatic carbocycles. The molecule has 0 bridgehead atoms. The van der Waals surface area contributed by atoms with Gasteiger partial charge in [-0.25, -0.2) is 12.7 Å². The van der Waals surface area contributed by atoms with E-state index in [0.717, 1.165) is 36.4 Å². The molecule has 1 aromatic rings. The second-order valence-corrected chi connectivity index (χ2v) is 7.71. The minimum atomic E-state index is -3.83. The number of carbonyl (C=O) groups excluding carboxylic acids is 2. The molecule has 1 heterocycles. The Morgan fingerprint density at radius 2 is 1.87 bits per heavy atom. The van der Waals surface area contributed by atoms with Gasteiger partial charge in [0.2, 0.25) is 0 Å². The average Bonchev–Trinajstić information content (AvgIpc) is 2.76. The average molecular weight is 337 g/mol. The molecule has 0 atom stereocenters. The summed E-state index contributed by atoms with van der Waals surface area (Å²) in [6, 6.07) is 6.11. The summed E-state index contributed by atoms with van der Waals surface area (Å²) < 4.78 is 30.6. The van der Waals surface area contributed by atoms with Crippen LogP contribution in [0.15, 0.2) is 29.2 Å². The Labute approximate surface area is 135 Å². The first kappa shape index (κ1) is 16.0. The van der Waals surface area contributed by atoms with E-state index >= 15 is 0 Å². The molecular formula is C16H19NO5S. The van der Waals surface area contributed by atoms with E-state index in [4.69, 9.17) is 4.74 Å². The maximum absolute atomic E-state index is 12.3. The molecule has 0 N–H and O–H groups in total. The highest BCUT2D eigenvalue weighted by molar-refractivity contribution is 7.90. The molecule has 1 saturated carbocycles. The van der Waals surface area contributed by atoms with Crippen molar-refractivity contribution in [1.82, 2.24) is 4.31 Å². The van der Waals surface area contributed by atoms with E-state index < -0.39 is 15.9 Å². The predicted octanol–water partition coefficient (Wildman–Crippen LogP) is 1.95. The SMILES string of the molecule is O=C(OCCN1C(=O)c2ccccc2S1(=O)=O)C1CCCCC1. The monoisotopic (exact) mass is 337 g/mol. The van der Waals surface area contributed by atoms with Crippen molar-refractivity contribution < 1.29 is 22.7 Å². The van der Waals surface area contributed by atoms with Crippen molar-refractivity contribution in [1.29, 1.82) is 0 Å². The van der Waals surface area contributed by atoms with Crippen LogP contribution in [0.1, 0.15) is 42.5 Å². The lowest BCUT2D eigenvalue weighted by Gasteiger charge is -2.21. The highest BCUT2D eigenvalue weighted by Crippen LogP contribution is 2.29. The van der Waals surface area contributed by atoms with E-state index in [-0.39, 0.29) is 35.5 Å². The normalized spacial score (nSPS) is 20.3. The first-order chi connectivity index (χ1) is 11.0. The Morgan fingerprint density at radius 3 is 2.57 bits per heavy atom. The minimum absolute atomic E-state index is 0.0172. The van der Waals surface area contributed by atoms with Crippen LogP contribution in [0.2, 0.25) is 0 Å². The molecule has 0 unspecified atom stereocenters. The van der Waals surface area contributed by atoms with Crippen molar-refractivity contribution in [3.8, 4) is 0 Å². The number of benzene rings is 1. The minimum Gasteiger partial charge on any atom is -0.464 e. The Bertz CT molecular complexity index is 722. The molecule has 124 valence electrons. The molecule has 1 amide bonds. The molecule has 2 aliphatic rings. The van der Waals surface area contributed by atoms with Crippen LogP contribution >= 0.6 is 0 Å². The van der Waals surface area contributed by atoms with Gasteiger partial charge in [0.1, 0.15) is 11.5 Å². The van der Waals surface area contributed by atoms with Crippen molar-refractivity contribution in [2.75, 3.05) is 13.2 Å². The Balaban J connectivity index is 1.61. The summed E-state index contributed by atoms with van der Waals surface area (Å²) in [5, 5.41) is 0. The lowest BCUT2D eigenvalue weighted by Crippen LogP contribution is -2.34. The number of hydrogen-bond donors (Lipinski definition) is 0. The molecule has 1 aliphatic heterocycles. The summed E-state index contributed by atoms with van der Waals surface area (Å²) >= 11 is 0. The first-order valence-electron chi connectivity index (χ1n) is 7.84. The standard InChI is InChI=1S/C16H19NO5S/c18-15-13-8-4-5-9-14(13)23(20,21)17(15)10-11-22-16(19)12-6-2-1-3-7-12/h4-5,8-9,12H,1-3,6-7,10-11H2. The molecule has 1 aromatic carbocycles. The van der Waals surface area contributed by atoms with Crippen molar-refractivity contribution in [2.45, 2.75) is 37.0 Å². The van der Waals surface area contributed by atoms with Crippen LogP contribution in [0.25, 0.3) is 0 Å². The second kappa shape index (κ2) is 6.31. The second-order valence-electron chi connectivity index (χ2n) is 5.88. The highest BCUT2D eigenvalue weighted by Gasteiger charge is 2.40. The number of hydrogen-bond acceptors (Lipinski definition) is 5. The maximum atomic E-state index is 12.3. The lowest BCUT2D eigenvalue weighted by molar-refractivity contribution is -0.149. The van der Waals surface area contributed by atoms with Gasteiger partial charge in [-0.3, -0.25) is 9.59 Å². The number of carbonyl (C=O) groups is 2.